The van der Waals surface area contributed by atoms with E-state index in [9.17, 15) is 9.59 Å². The Hall–Kier alpha value is -3.11. The summed E-state index contributed by atoms with van der Waals surface area (Å²) in [6, 6.07) is 19.0. The van der Waals surface area contributed by atoms with Crippen molar-refractivity contribution in [3.8, 4) is 0 Å². The summed E-state index contributed by atoms with van der Waals surface area (Å²) in [5, 5.41) is 5.84. The molecule has 5 heteroatoms. The first-order valence-corrected chi connectivity index (χ1v) is 8.02. The number of carbonyl (C=O) groups excluding carboxylic acids is 1. The van der Waals surface area contributed by atoms with E-state index in [4.69, 9.17) is 16.0 Å². The van der Waals surface area contributed by atoms with Crippen LogP contribution in [0.15, 0.2) is 75.9 Å². The standard InChI is InChI=1S/C20H12ClNO3/c21-17-6-2-3-14-15(17)4-1-5-16(14)20(24)22-13-8-9-18-12(11-13)7-10-19(23)25-18/h1-11H,(H,22,24). The highest BCUT2D eigenvalue weighted by atomic mass is 35.5. The third-order valence-corrected chi connectivity index (χ3v) is 4.32. The Labute approximate surface area is 147 Å². The molecular weight excluding hydrogens is 338 g/mol. The van der Waals surface area contributed by atoms with Gasteiger partial charge in [0.15, 0.2) is 0 Å². The maximum absolute atomic E-state index is 12.7. The van der Waals surface area contributed by atoms with Gasteiger partial charge in [-0.3, -0.25) is 4.79 Å². The van der Waals surface area contributed by atoms with Crippen molar-refractivity contribution < 1.29 is 9.21 Å². The molecular formula is C20H12ClNO3. The van der Waals surface area contributed by atoms with Crippen molar-refractivity contribution in [2.45, 2.75) is 0 Å². The topological polar surface area (TPSA) is 59.3 Å². The zero-order valence-corrected chi connectivity index (χ0v) is 13.7. The fourth-order valence-corrected chi connectivity index (χ4v) is 3.06. The van der Waals surface area contributed by atoms with Gasteiger partial charge < -0.3 is 9.73 Å². The highest BCUT2D eigenvalue weighted by molar-refractivity contribution is 6.36. The summed E-state index contributed by atoms with van der Waals surface area (Å²) in [4.78, 5) is 23.9. The molecule has 4 aromatic rings. The summed E-state index contributed by atoms with van der Waals surface area (Å²) in [7, 11) is 0. The maximum Gasteiger partial charge on any atom is 0.336 e. The van der Waals surface area contributed by atoms with Crippen LogP contribution in [0.25, 0.3) is 21.7 Å². The van der Waals surface area contributed by atoms with E-state index in [0.29, 0.717) is 21.9 Å². The second-order valence-electron chi connectivity index (χ2n) is 5.60. The number of benzene rings is 3. The van der Waals surface area contributed by atoms with Crippen molar-refractivity contribution in [2.24, 2.45) is 0 Å². The lowest BCUT2D eigenvalue weighted by molar-refractivity contribution is 0.102. The summed E-state index contributed by atoms with van der Waals surface area (Å²) in [5.74, 6) is -0.232. The molecule has 0 fully saturated rings. The molecule has 1 heterocycles. The lowest BCUT2D eigenvalue weighted by Crippen LogP contribution is -2.12. The highest BCUT2D eigenvalue weighted by Gasteiger charge is 2.12. The number of hydrogen-bond donors (Lipinski definition) is 1. The van der Waals surface area contributed by atoms with E-state index in [1.165, 1.54) is 6.07 Å². The highest BCUT2D eigenvalue weighted by Crippen LogP contribution is 2.27. The largest absolute Gasteiger partial charge is 0.423 e. The third kappa shape index (κ3) is 2.88. The molecule has 1 N–H and O–H groups in total. The fourth-order valence-electron chi connectivity index (χ4n) is 2.82. The normalized spacial score (nSPS) is 10.9. The van der Waals surface area contributed by atoms with Gasteiger partial charge in [-0.05, 0) is 41.8 Å². The summed E-state index contributed by atoms with van der Waals surface area (Å²) >= 11 is 6.20. The van der Waals surface area contributed by atoms with Gasteiger partial charge in [0.05, 0.1) is 0 Å². The Morgan fingerprint density at radius 2 is 1.72 bits per heavy atom. The smallest absolute Gasteiger partial charge is 0.336 e. The van der Waals surface area contributed by atoms with Crippen molar-refractivity contribution in [3.63, 3.8) is 0 Å². The van der Waals surface area contributed by atoms with Crippen molar-refractivity contribution in [1.82, 2.24) is 0 Å². The predicted molar refractivity (Wildman–Crippen MR) is 99.4 cm³/mol. The Morgan fingerprint density at radius 3 is 2.60 bits per heavy atom. The van der Waals surface area contributed by atoms with E-state index in [0.717, 1.165) is 16.2 Å². The number of nitrogens with one attached hydrogen (secondary N) is 1. The molecule has 0 aliphatic rings. The number of carbonyl (C=O) groups is 1. The Kier molecular flexibility index (Phi) is 3.75. The predicted octanol–water partition coefficient (Wildman–Crippen LogP) is 4.85. The van der Waals surface area contributed by atoms with Crippen LogP contribution in [0.4, 0.5) is 5.69 Å². The van der Waals surface area contributed by atoms with Crippen molar-refractivity contribution in [1.29, 1.82) is 0 Å². The van der Waals surface area contributed by atoms with Crippen LogP contribution >= 0.6 is 11.6 Å². The van der Waals surface area contributed by atoms with Gasteiger partial charge in [0.25, 0.3) is 5.91 Å². The minimum absolute atomic E-state index is 0.232. The number of rotatable bonds is 2. The number of hydrogen-bond acceptors (Lipinski definition) is 3. The van der Waals surface area contributed by atoms with Crippen LogP contribution in [0.2, 0.25) is 5.02 Å². The fraction of sp³-hybridized carbons (Fsp3) is 0. The summed E-state index contributed by atoms with van der Waals surface area (Å²) in [6.07, 6.45) is 0. The molecule has 0 spiro atoms. The van der Waals surface area contributed by atoms with Gasteiger partial charge in [-0.1, -0.05) is 35.9 Å². The molecule has 0 aliphatic heterocycles. The molecule has 0 saturated carbocycles. The van der Waals surface area contributed by atoms with Gasteiger partial charge in [0, 0.05) is 33.1 Å². The first-order valence-electron chi connectivity index (χ1n) is 7.64. The van der Waals surface area contributed by atoms with Gasteiger partial charge >= 0.3 is 5.63 Å². The average molecular weight is 350 g/mol. The van der Waals surface area contributed by atoms with E-state index < -0.39 is 5.63 Å². The summed E-state index contributed by atoms with van der Waals surface area (Å²) in [6.45, 7) is 0. The molecule has 25 heavy (non-hydrogen) atoms. The van der Waals surface area contributed by atoms with Gasteiger partial charge in [0.1, 0.15) is 5.58 Å². The number of anilines is 1. The van der Waals surface area contributed by atoms with E-state index in [2.05, 4.69) is 5.32 Å². The minimum atomic E-state index is -0.406. The van der Waals surface area contributed by atoms with Gasteiger partial charge in [0.2, 0.25) is 0 Å². The second kappa shape index (κ2) is 6.07. The molecule has 0 radical (unpaired) electrons. The molecule has 1 aromatic heterocycles. The molecule has 4 rings (SSSR count). The lowest BCUT2D eigenvalue weighted by Gasteiger charge is -2.09. The summed E-state index contributed by atoms with van der Waals surface area (Å²) < 4.78 is 5.09. The lowest BCUT2D eigenvalue weighted by atomic mass is 10.0. The maximum atomic E-state index is 12.7. The van der Waals surface area contributed by atoms with Crippen LogP contribution in [0.3, 0.4) is 0 Å². The molecule has 0 saturated heterocycles. The number of halogens is 1. The van der Waals surface area contributed by atoms with Gasteiger partial charge in [-0.15, -0.1) is 0 Å². The van der Waals surface area contributed by atoms with Crippen LogP contribution in [-0.4, -0.2) is 5.91 Å². The molecule has 0 aliphatic carbocycles. The minimum Gasteiger partial charge on any atom is -0.423 e. The first kappa shape index (κ1) is 15.4. The molecule has 122 valence electrons. The van der Waals surface area contributed by atoms with Gasteiger partial charge in [-0.25, -0.2) is 4.79 Å². The average Bonchev–Trinajstić information content (AvgIpc) is 2.62. The van der Waals surface area contributed by atoms with E-state index in [-0.39, 0.29) is 5.91 Å². The van der Waals surface area contributed by atoms with Crippen LogP contribution < -0.4 is 10.9 Å². The van der Waals surface area contributed by atoms with Gasteiger partial charge in [-0.2, -0.15) is 0 Å². The van der Waals surface area contributed by atoms with Crippen molar-refractivity contribution in [3.05, 3.63) is 87.7 Å². The van der Waals surface area contributed by atoms with Crippen LogP contribution in [0, 0.1) is 0 Å². The number of amides is 1. The van der Waals surface area contributed by atoms with Crippen LogP contribution in [0.1, 0.15) is 10.4 Å². The summed E-state index contributed by atoms with van der Waals surface area (Å²) in [5.41, 5.74) is 1.23. The monoisotopic (exact) mass is 349 g/mol. The quantitative estimate of drug-likeness (QED) is 0.526. The Bertz CT molecular complexity index is 1180. The zero-order valence-electron chi connectivity index (χ0n) is 13.0. The van der Waals surface area contributed by atoms with Crippen molar-refractivity contribution in [2.75, 3.05) is 5.32 Å². The SMILES string of the molecule is O=C(Nc1ccc2oc(=O)ccc2c1)c1cccc2c(Cl)cccc12. The Balaban J connectivity index is 1.72. The second-order valence-corrected chi connectivity index (χ2v) is 6.01. The number of fused-ring (bicyclic) bond motifs is 2. The molecule has 0 unspecified atom stereocenters. The molecule has 4 nitrogen and oxygen atoms in total. The van der Waals surface area contributed by atoms with E-state index >= 15 is 0 Å². The zero-order chi connectivity index (χ0) is 17.4. The molecule has 3 aromatic carbocycles. The molecule has 0 bridgehead atoms. The molecule has 0 atom stereocenters. The van der Waals surface area contributed by atoms with Crippen LogP contribution in [0.5, 0.6) is 0 Å². The van der Waals surface area contributed by atoms with E-state index in [1.54, 1.807) is 42.5 Å². The third-order valence-electron chi connectivity index (χ3n) is 3.99. The Morgan fingerprint density at radius 1 is 0.920 bits per heavy atom. The first-order chi connectivity index (χ1) is 12.1. The molecule has 1 amide bonds. The van der Waals surface area contributed by atoms with Crippen LogP contribution in [-0.2, 0) is 0 Å². The van der Waals surface area contributed by atoms with Crippen molar-refractivity contribution >= 4 is 44.9 Å². The van der Waals surface area contributed by atoms with E-state index in [1.807, 2.05) is 18.2 Å².